The van der Waals surface area contributed by atoms with Crippen molar-refractivity contribution in [2.75, 3.05) is 25.4 Å². The van der Waals surface area contributed by atoms with Crippen LogP contribution in [0.3, 0.4) is 0 Å². The highest BCUT2D eigenvalue weighted by Crippen LogP contribution is 2.31. The number of carboxylic acids is 2. The molecule has 0 aliphatic carbocycles. The molecular formula is C25H21ClF6N6O6S. The predicted molar refractivity (Wildman–Crippen MR) is 147 cm³/mol. The number of carboxylic acid groups (broad SMARTS) is 2. The van der Waals surface area contributed by atoms with Crippen LogP contribution >= 0.6 is 22.9 Å². The minimum Gasteiger partial charge on any atom is -0.475 e. The van der Waals surface area contributed by atoms with Gasteiger partial charge in [0, 0.05) is 31.1 Å². The Morgan fingerprint density at radius 3 is 2.18 bits per heavy atom. The van der Waals surface area contributed by atoms with E-state index >= 15 is 0 Å². The van der Waals surface area contributed by atoms with Crippen LogP contribution in [-0.4, -0.2) is 85.0 Å². The van der Waals surface area contributed by atoms with Gasteiger partial charge in [0.1, 0.15) is 17.8 Å². The van der Waals surface area contributed by atoms with Crippen LogP contribution in [0.5, 0.6) is 0 Å². The molecule has 12 nitrogen and oxygen atoms in total. The van der Waals surface area contributed by atoms with Crippen LogP contribution < -0.4 is 5.73 Å². The molecule has 0 bridgehead atoms. The van der Waals surface area contributed by atoms with E-state index in [1.165, 1.54) is 17.7 Å². The van der Waals surface area contributed by atoms with Crippen molar-refractivity contribution in [3.63, 3.8) is 0 Å². The molecule has 1 aromatic carbocycles. The van der Waals surface area contributed by atoms with Crippen molar-refractivity contribution >= 4 is 57.5 Å². The summed E-state index contributed by atoms with van der Waals surface area (Å²) in [5, 5.41) is 19.2. The standard InChI is InChI=1S/C21H19ClN6O2S.2C2HF3O2/c22-19-4-3-18(31-19)17-8-14(30-26-17)10-27-5-6-28(20(29)11-27)9-13-1-2-15-16(7-13)24-12-25-21(15)23;2*3-2(4,5)1(6)7/h1-4,7-8,12H,5-6,9-11H2,(H2,23,24,25);2*(H,6,7). The molecule has 0 unspecified atom stereocenters. The zero-order valence-corrected chi connectivity index (χ0v) is 24.0. The fourth-order valence-electron chi connectivity index (χ4n) is 3.68. The molecule has 1 fully saturated rings. The molecule has 3 aromatic heterocycles. The molecule has 0 saturated carbocycles. The Morgan fingerprint density at radius 2 is 1.62 bits per heavy atom. The van der Waals surface area contributed by atoms with E-state index in [1.807, 2.05) is 41.3 Å². The van der Waals surface area contributed by atoms with Gasteiger partial charge in [0.2, 0.25) is 5.91 Å². The molecule has 0 atom stereocenters. The molecule has 1 amide bonds. The first-order valence-electron chi connectivity index (χ1n) is 12.2. The maximum atomic E-state index is 12.7. The first-order valence-corrected chi connectivity index (χ1v) is 13.4. The van der Waals surface area contributed by atoms with Gasteiger partial charge in [0.15, 0.2) is 5.76 Å². The van der Waals surface area contributed by atoms with Gasteiger partial charge in [-0.1, -0.05) is 22.8 Å². The van der Waals surface area contributed by atoms with E-state index in [0.717, 1.165) is 39.3 Å². The summed E-state index contributed by atoms with van der Waals surface area (Å²) in [5.41, 5.74) is 8.45. The number of hydrogen-bond donors (Lipinski definition) is 3. The third-order valence-electron chi connectivity index (χ3n) is 5.75. The number of nitrogen functional groups attached to an aromatic ring is 1. The number of anilines is 1. The molecular weight excluding hydrogens is 662 g/mol. The van der Waals surface area contributed by atoms with Crippen molar-refractivity contribution in [2.45, 2.75) is 25.4 Å². The summed E-state index contributed by atoms with van der Waals surface area (Å²) in [4.78, 5) is 43.7. The fraction of sp³-hybridized carbons (Fsp3) is 0.280. The Balaban J connectivity index is 0.000000331. The molecule has 0 spiro atoms. The van der Waals surface area contributed by atoms with Gasteiger partial charge in [0.25, 0.3) is 0 Å². The Bertz CT molecular complexity index is 1640. The average molecular weight is 683 g/mol. The fourth-order valence-corrected chi connectivity index (χ4v) is 4.67. The summed E-state index contributed by atoms with van der Waals surface area (Å²) in [5.74, 6) is -4.25. The van der Waals surface area contributed by atoms with E-state index in [-0.39, 0.29) is 5.91 Å². The van der Waals surface area contributed by atoms with Gasteiger partial charge >= 0.3 is 24.3 Å². The molecule has 4 aromatic rings. The number of alkyl halides is 6. The minimum atomic E-state index is -5.08. The number of nitrogens with zero attached hydrogens (tertiary/aromatic N) is 5. The van der Waals surface area contributed by atoms with E-state index in [1.54, 1.807) is 0 Å². The number of carbonyl (C=O) groups is 3. The summed E-state index contributed by atoms with van der Waals surface area (Å²) in [7, 11) is 0. The predicted octanol–water partition coefficient (Wildman–Crippen LogP) is 4.69. The number of piperazine rings is 1. The zero-order chi connectivity index (χ0) is 33.5. The van der Waals surface area contributed by atoms with Gasteiger partial charge in [-0.25, -0.2) is 19.6 Å². The van der Waals surface area contributed by atoms with Crippen molar-refractivity contribution in [3.8, 4) is 10.6 Å². The lowest BCUT2D eigenvalue weighted by atomic mass is 10.1. The van der Waals surface area contributed by atoms with Gasteiger partial charge in [-0.05, 0) is 29.8 Å². The van der Waals surface area contributed by atoms with Gasteiger partial charge in [0.05, 0.1) is 27.8 Å². The minimum absolute atomic E-state index is 0.0818. The molecule has 45 heavy (non-hydrogen) atoms. The summed E-state index contributed by atoms with van der Waals surface area (Å²) in [6.07, 6.45) is -8.71. The number of aromatic nitrogens is 3. The number of carbonyl (C=O) groups excluding carboxylic acids is 1. The van der Waals surface area contributed by atoms with Crippen molar-refractivity contribution in [1.29, 1.82) is 0 Å². The van der Waals surface area contributed by atoms with E-state index < -0.39 is 24.3 Å². The van der Waals surface area contributed by atoms with Crippen molar-refractivity contribution in [2.24, 2.45) is 0 Å². The Kier molecular flexibility index (Phi) is 11.3. The highest BCUT2D eigenvalue weighted by atomic mass is 35.5. The van der Waals surface area contributed by atoms with Crippen LogP contribution in [-0.2, 0) is 27.5 Å². The molecule has 1 aliphatic heterocycles. The van der Waals surface area contributed by atoms with E-state index in [2.05, 4.69) is 20.0 Å². The summed E-state index contributed by atoms with van der Waals surface area (Å²) in [6, 6.07) is 11.5. The lowest BCUT2D eigenvalue weighted by molar-refractivity contribution is -0.193. The van der Waals surface area contributed by atoms with Gasteiger partial charge in [-0.3, -0.25) is 9.69 Å². The Hall–Kier alpha value is -4.49. The van der Waals surface area contributed by atoms with Gasteiger partial charge in [-0.2, -0.15) is 26.3 Å². The number of halogens is 7. The summed E-state index contributed by atoms with van der Waals surface area (Å²) < 4.78 is 69.6. The van der Waals surface area contributed by atoms with E-state index in [0.29, 0.717) is 36.3 Å². The molecule has 1 aliphatic rings. The third kappa shape index (κ3) is 10.3. The van der Waals surface area contributed by atoms with Crippen LogP contribution in [0.15, 0.2) is 47.2 Å². The number of thiophene rings is 1. The summed E-state index contributed by atoms with van der Waals surface area (Å²) in [6.45, 7) is 2.82. The number of fused-ring (bicyclic) bond motifs is 1. The first-order chi connectivity index (χ1) is 20.9. The smallest absolute Gasteiger partial charge is 0.475 e. The second-order valence-corrected chi connectivity index (χ2v) is 10.7. The molecule has 20 heteroatoms. The zero-order valence-electron chi connectivity index (χ0n) is 22.5. The number of hydrogen-bond acceptors (Lipinski definition) is 10. The number of benzene rings is 1. The Labute approximate surface area is 257 Å². The maximum absolute atomic E-state index is 12.7. The van der Waals surface area contributed by atoms with Crippen LogP contribution in [0.2, 0.25) is 4.34 Å². The lowest BCUT2D eigenvalue weighted by Crippen LogP contribution is -2.49. The third-order valence-corrected chi connectivity index (χ3v) is 7.01. The van der Waals surface area contributed by atoms with Crippen LogP contribution in [0.4, 0.5) is 32.2 Å². The number of rotatable bonds is 5. The molecule has 0 radical (unpaired) electrons. The Morgan fingerprint density at radius 1 is 0.978 bits per heavy atom. The van der Waals surface area contributed by atoms with E-state index in [9.17, 15) is 31.1 Å². The number of amides is 1. The normalized spacial score (nSPS) is 13.9. The van der Waals surface area contributed by atoms with Crippen molar-refractivity contribution in [1.82, 2.24) is 24.9 Å². The molecule has 1 saturated heterocycles. The van der Waals surface area contributed by atoms with Crippen LogP contribution in [0.1, 0.15) is 11.3 Å². The highest BCUT2D eigenvalue weighted by Gasteiger charge is 2.39. The quantitative estimate of drug-likeness (QED) is 0.249. The molecule has 5 rings (SSSR count). The van der Waals surface area contributed by atoms with Crippen LogP contribution in [0, 0.1) is 0 Å². The molecule has 4 N–H and O–H groups in total. The van der Waals surface area contributed by atoms with Crippen molar-refractivity contribution in [3.05, 3.63) is 58.4 Å². The van der Waals surface area contributed by atoms with E-state index in [4.69, 9.17) is 41.7 Å². The van der Waals surface area contributed by atoms with Gasteiger partial charge in [-0.15, -0.1) is 11.3 Å². The monoisotopic (exact) mass is 682 g/mol. The second kappa shape index (κ2) is 14.5. The molecule has 242 valence electrons. The summed E-state index contributed by atoms with van der Waals surface area (Å²) >= 11 is 7.45. The van der Waals surface area contributed by atoms with Gasteiger partial charge < -0.3 is 25.4 Å². The SMILES string of the molecule is Nc1ncnc2cc(CN3CCN(Cc4cc(-c5ccc(Cl)s5)no4)CC3=O)ccc12.O=C(O)C(F)(F)F.O=C(O)C(F)(F)F. The van der Waals surface area contributed by atoms with Crippen molar-refractivity contribution < 1.29 is 55.5 Å². The lowest BCUT2D eigenvalue weighted by Gasteiger charge is -2.33. The second-order valence-electron chi connectivity index (χ2n) is 9.02. The molecule has 4 heterocycles. The maximum Gasteiger partial charge on any atom is 0.490 e. The number of nitrogens with two attached hydrogens (primary N) is 1. The largest absolute Gasteiger partial charge is 0.490 e. The highest BCUT2D eigenvalue weighted by molar-refractivity contribution is 7.19. The average Bonchev–Trinajstić information content (AvgIpc) is 3.59. The topological polar surface area (TPSA) is 176 Å². The number of aliphatic carboxylic acids is 2. The van der Waals surface area contributed by atoms with Crippen LogP contribution in [0.25, 0.3) is 21.5 Å². The first kappa shape index (κ1) is 35.0.